The third-order valence-corrected chi connectivity index (χ3v) is 5.74. The molecule has 1 saturated carbocycles. The molecule has 150 valence electrons. The Kier molecular flexibility index (Phi) is 4.66. The normalized spacial score (nSPS) is 19.9. The highest BCUT2D eigenvalue weighted by Gasteiger charge is 2.33. The van der Waals surface area contributed by atoms with E-state index in [9.17, 15) is 9.18 Å². The maximum absolute atomic E-state index is 13.2. The lowest BCUT2D eigenvalue weighted by Crippen LogP contribution is -2.35. The van der Waals surface area contributed by atoms with Gasteiger partial charge in [-0.05, 0) is 49.9 Å². The molecule has 5 rings (SSSR count). The van der Waals surface area contributed by atoms with Crippen LogP contribution in [0.1, 0.15) is 72.4 Å². The van der Waals surface area contributed by atoms with Crippen molar-refractivity contribution in [2.24, 2.45) is 0 Å². The summed E-state index contributed by atoms with van der Waals surface area (Å²) in [7, 11) is 0. The van der Waals surface area contributed by atoms with E-state index in [1.54, 1.807) is 18.2 Å². The zero-order valence-electron chi connectivity index (χ0n) is 16.0. The van der Waals surface area contributed by atoms with E-state index in [0.717, 1.165) is 49.8 Å². The molecule has 1 aromatic carbocycles. The van der Waals surface area contributed by atoms with Gasteiger partial charge < -0.3 is 13.9 Å². The van der Waals surface area contributed by atoms with Gasteiger partial charge in [-0.2, -0.15) is 0 Å². The number of aromatic nitrogens is 2. The van der Waals surface area contributed by atoms with Crippen LogP contribution < -0.4 is 0 Å². The van der Waals surface area contributed by atoms with Crippen molar-refractivity contribution < 1.29 is 18.2 Å². The van der Waals surface area contributed by atoms with Crippen LogP contribution in [0.3, 0.4) is 0 Å². The van der Waals surface area contributed by atoms with Gasteiger partial charge >= 0.3 is 0 Å². The summed E-state index contributed by atoms with van der Waals surface area (Å²) in [5, 5.41) is 8.27. The topological polar surface area (TPSA) is 72.4 Å². The number of hydrogen-bond acceptors (Lipinski definition) is 5. The minimum Gasteiger partial charge on any atom is -0.360 e. The van der Waals surface area contributed by atoms with Gasteiger partial charge in [-0.15, -0.1) is 0 Å². The first-order chi connectivity index (χ1) is 14.2. The Bertz CT molecular complexity index is 1010. The van der Waals surface area contributed by atoms with Crippen LogP contribution in [-0.4, -0.2) is 27.7 Å². The summed E-state index contributed by atoms with van der Waals surface area (Å²) in [5.74, 6) is 1.36. The molecule has 1 saturated heterocycles. The monoisotopic (exact) mass is 395 g/mol. The SMILES string of the molecule is O=C(c1cc(C2CC2)on1)N1CCCCCC1c1cc(-c2ccc(F)cc2)on1. The summed E-state index contributed by atoms with van der Waals surface area (Å²) in [5.41, 5.74) is 1.83. The third kappa shape index (κ3) is 3.69. The van der Waals surface area contributed by atoms with E-state index in [-0.39, 0.29) is 17.8 Å². The highest BCUT2D eigenvalue weighted by atomic mass is 19.1. The molecule has 3 aromatic rings. The number of carbonyl (C=O) groups excluding carboxylic acids is 1. The van der Waals surface area contributed by atoms with Crippen LogP contribution in [0, 0.1) is 5.82 Å². The third-order valence-electron chi connectivity index (χ3n) is 5.74. The molecule has 1 atom stereocenters. The zero-order valence-corrected chi connectivity index (χ0v) is 16.0. The zero-order chi connectivity index (χ0) is 19.8. The van der Waals surface area contributed by atoms with Crippen molar-refractivity contribution in [3.8, 4) is 11.3 Å². The number of amides is 1. The van der Waals surface area contributed by atoms with Crippen LogP contribution in [0.4, 0.5) is 4.39 Å². The fourth-order valence-corrected chi connectivity index (χ4v) is 3.95. The molecule has 0 radical (unpaired) electrons. The Morgan fingerprint density at radius 3 is 2.62 bits per heavy atom. The number of halogens is 1. The second kappa shape index (κ2) is 7.46. The Labute approximate surface area is 167 Å². The maximum atomic E-state index is 13.2. The molecule has 1 unspecified atom stereocenters. The maximum Gasteiger partial charge on any atom is 0.276 e. The first-order valence-electron chi connectivity index (χ1n) is 10.2. The number of benzene rings is 1. The molecule has 29 heavy (non-hydrogen) atoms. The number of hydrogen-bond donors (Lipinski definition) is 0. The first kappa shape index (κ1) is 18.1. The van der Waals surface area contributed by atoms with E-state index in [0.29, 0.717) is 29.6 Å². The lowest BCUT2D eigenvalue weighted by Gasteiger charge is -2.27. The number of carbonyl (C=O) groups is 1. The summed E-state index contributed by atoms with van der Waals surface area (Å²) in [4.78, 5) is 15.1. The number of likely N-dealkylation sites (tertiary alicyclic amines) is 1. The van der Waals surface area contributed by atoms with Gasteiger partial charge in [0.2, 0.25) is 0 Å². The van der Waals surface area contributed by atoms with Crippen molar-refractivity contribution in [1.82, 2.24) is 15.2 Å². The van der Waals surface area contributed by atoms with Crippen molar-refractivity contribution >= 4 is 5.91 Å². The van der Waals surface area contributed by atoms with Crippen molar-refractivity contribution in [2.75, 3.05) is 6.54 Å². The Balaban J connectivity index is 1.41. The van der Waals surface area contributed by atoms with Crippen LogP contribution in [0.5, 0.6) is 0 Å². The van der Waals surface area contributed by atoms with Crippen LogP contribution >= 0.6 is 0 Å². The van der Waals surface area contributed by atoms with Gasteiger partial charge in [-0.25, -0.2) is 4.39 Å². The molecule has 0 spiro atoms. The molecule has 2 fully saturated rings. The minimum atomic E-state index is -0.299. The van der Waals surface area contributed by atoms with Crippen molar-refractivity contribution in [3.63, 3.8) is 0 Å². The van der Waals surface area contributed by atoms with Gasteiger partial charge in [0.05, 0.1) is 6.04 Å². The van der Waals surface area contributed by atoms with Gasteiger partial charge in [0.15, 0.2) is 11.5 Å². The Morgan fingerprint density at radius 2 is 1.83 bits per heavy atom. The highest BCUT2D eigenvalue weighted by Crippen LogP contribution is 2.40. The molecule has 1 aliphatic carbocycles. The van der Waals surface area contributed by atoms with E-state index < -0.39 is 0 Å². The Hall–Kier alpha value is -2.96. The summed E-state index contributed by atoms with van der Waals surface area (Å²) in [6, 6.07) is 9.55. The van der Waals surface area contributed by atoms with E-state index >= 15 is 0 Å². The van der Waals surface area contributed by atoms with E-state index in [2.05, 4.69) is 10.3 Å². The lowest BCUT2D eigenvalue weighted by molar-refractivity contribution is 0.0663. The summed E-state index contributed by atoms with van der Waals surface area (Å²) in [6.07, 6.45) is 6.03. The molecule has 1 amide bonds. The smallest absolute Gasteiger partial charge is 0.276 e. The van der Waals surface area contributed by atoms with Gasteiger partial charge in [-0.3, -0.25) is 4.79 Å². The molecule has 0 N–H and O–H groups in total. The highest BCUT2D eigenvalue weighted by molar-refractivity contribution is 5.92. The van der Waals surface area contributed by atoms with Crippen LogP contribution in [0.15, 0.2) is 45.4 Å². The predicted molar refractivity (Wildman–Crippen MR) is 103 cm³/mol. The fraction of sp³-hybridized carbons (Fsp3) is 0.409. The molecule has 6 nitrogen and oxygen atoms in total. The second-order valence-corrected chi connectivity index (χ2v) is 7.88. The number of rotatable bonds is 4. The molecular formula is C22H22FN3O3. The average Bonchev–Trinajstić information content (AvgIpc) is 3.35. The van der Waals surface area contributed by atoms with Gasteiger partial charge in [0.25, 0.3) is 5.91 Å². The van der Waals surface area contributed by atoms with Crippen LogP contribution in [0.25, 0.3) is 11.3 Å². The van der Waals surface area contributed by atoms with Crippen molar-refractivity contribution in [2.45, 2.75) is 50.5 Å². The Morgan fingerprint density at radius 1 is 1.00 bits per heavy atom. The molecule has 1 aliphatic heterocycles. The summed E-state index contributed by atoms with van der Waals surface area (Å²) in [6.45, 7) is 0.647. The van der Waals surface area contributed by atoms with Crippen molar-refractivity contribution in [3.05, 3.63) is 59.4 Å². The quantitative estimate of drug-likeness (QED) is 0.614. The number of nitrogens with zero attached hydrogens (tertiary/aromatic N) is 3. The van der Waals surface area contributed by atoms with Gasteiger partial charge in [0.1, 0.15) is 17.3 Å². The lowest BCUT2D eigenvalue weighted by atomic mass is 10.0. The average molecular weight is 395 g/mol. The van der Waals surface area contributed by atoms with Gasteiger partial charge in [-0.1, -0.05) is 23.2 Å². The first-order valence-corrected chi connectivity index (χ1v) is 10.2. The molecule has 2 aliphatic rings. The molecule has 0 bridgehead atoms. The molecule has 3 heterocycles. The fourth-order valence-electron chi connectivity index (χ4n) is 3.95. The summed E-state index contributed by atoms with van der Waals surface area (Å²) < 4.78 is 24.1. The molecule has 2 aromatic heterocycles. The van der Waals surface area contributed by atoms with Crippen molar-refractivity contribution in [1.29, 1.82) is 0 Å². The minimum absolute atomic E-state index is 0.126. The van der Waals surface area contributed by atoms with E-state index in [1.807, 2.05) is 11.0 Å². The van der Waals surface area contributed by atoms with Crippen LogP contribution in [-0.2, 0) is 0 Å². The second-order valence-electron chi connectivity index (χ2n) is 7.88. The van der Waals surface area contributed by atoms with E-state index in [1.165, 1.54) is 12.1 Å². The standard InChI is InChI=1S/C22H22FN3O3/c23-16-9-7-15(8-10-16)20-12-17(24-28-20)19-4-2-1-3-11-26(19)22(27)18-13-21(29-25-18)14-5-6-14/h7-10,12-14,19H,1-6,11H2. The van der Waals surface area contributed by atoms with E-state index in [4.69, 9.17) is 9.05 Å². The molecule has 7 heteroatoms. The van der Waals surface area contributed by atoms with Gasteiger partial charge in [0, 0.05) is 30.2 Å². The predicted octanol–water partition coefficient (Wildman–Crippen LogP) is 5.10. The molecular weight excluding hydrogens is 373 g/mol. The summed E-state index contributed by atoms with van der Waals surface area (Å²) >= 11 is 0. The van der Waals surface area contributed by atoms with Crippen LogP contribution in [0.2, 0.25) is 0 Å². The largest absolute Gasteiger partial charge is 0.360 e.